The fraction of sp³-hybridized carbons (Fsp3) is 0.400. The number of carbonyl (C=O) groups excluding carboxylic acids is 3. The molecule has 1 aromatic carbocycles. The number of carbonyl (C=O) groups is 3. The van der Waals surface area contributed by atoms with Gasteiger partial charge in [-0.3, -0.25) is 15.0 Å². The Bertz CT molecular complexity index is 954. The Morgan fingerprint density at radius 3 is 2.69 bits per heavy atom. The molecule has 0 aliphatic carbocycles. The van der Waals surface area contributed by atoms with Crippen LogP contribution in [0.25, 0.3) is 0 Å². The normalized spacial score (nSPS) is 23.0. The lowest BCUT2D eigenvalue weighted by Gasteiger charge is -2.39. The molecule has 2 N–H and O–H groups in total. The van der Waals surface area contributed by atoms with Gasteiger partial charge in [-0.2, -0.15) is 0 Å². The average Bonchev–Trinajstić information content (AvgIpc) is 2.86. The van der Waals surface area contributed by atoms with E-state index in [0.29, 0.717) is 15.7 Å². The minimum atomic E-state index is -1.84. The van der Waals surface area contributed by atoms with Crippen LogP contribution in [0.2, 0.25) is 0 Å². The minimum absolute atomic E-state index is 0.0324. The Balaban J connectivity index is 2.36. The van der Waals surface area contributed by atoms with Crippen molar-refractivity contribution in [3.63, 3.8) is 0 Å². The third-order valence-electron chi connectivity index (χ3n) is 4.78. The predicted molar refractivity (Wildman–Crippen MR) is 107 cm³/mol. The van der Waals surface area contributed by atoms with E-state index in [-0.39, 0.29) is 17.9 Å². The van der Waals surface area contributed by atoms with Gasteiger partial charge in [0, 0.05) is 10.2 Å². The van der Waals surface area contributed by atoms with E-state index in [2.05, 4.69) is 21.2 Å². The molecule has 0 radical (unpaired) electrons. The first-order valence-corrected chi connectivity index (χ1v) is 9.90. The van der Waals surface area contributed by atoms with Crippen molar-refractivity contribution in [1.29, 1.82) is 5.41 Å². The maximum atomic E-state index is 13.4. The summed E-state index contributed by atoms with van der Waals surface area (Å²) in [5.74, 6) is -4.16. The van der Waals surface area contributed by atoms with Crippen LogP contribution < -0.4 is 5.32 Å². The topological polar surface area (TPSA) is 115 Å². The minimum Gasteiger partial charge on any atom is -0.462 e. The van der Waals surface area contributed by atoms with Crippen LogP contribution in [0.1, 0.15) is 33.3 Å². The summed E-state index contributed by atoms with van der Waals surface area (Å²) in [6.07, 6.45) is -0.489. The van der Waals surface area contributed by atoms with Gasteiger partial charge in [-0.25, -0.2) is 4.79 Å². The lowest BCUT2D eigenvalue weighted by Crippen LogP contribution is -2.56. The molecule has 29 heavy (non-hydrogen) atoms. The van der Waals surface area contributed by atoms with Crippen molar-refractivity contribution in [3.8, 4) is 0 Å². The van der Waals surface area contributed by atoms with Crippen LogP contribution in [-0.4, -0.2) is 36.5 Å². The molecule has 1 aromatic rings. The average molecular weight is 465 g/mol. The van der Waals surface area contributed by atoms with E-state index in [1.165, 1.54) is 6.92 Å². The predicted octanol–water partition coefficient (Wildman–Crippen LogP) is 3.05. The second kappa shape index (κ2) is 7.62. The van der Waals surface area contributed by atoms with E-state index in [0.717, 1.165) is 0 Å². The third kappa shape index (κ3) is 3.23. The Hall–Kier alpha value is -2.68. The molecule has 2 heterocycles. The molecule has 0 fully saturated rings. The second-order valence-electron chi connectivity index (χ2n) is 6.99. The zero-order valence-electron chi connectivity index (χ0n) is 16.4. The van der Waals surface area contributed by atoms with E-state index in [1.54, 1.807) is 39.0 Å². The number of esters is 2. The number of amides is 1. The largest absolute Gasteiger partial charge is 0.462 e. The van der Waals surface area contributed by atoms with Crippen molar-refractivity contribution < 1.29 is 28.6 Å². The van der Waals surface area contributed by atoms with Crippen LogP contribution in [0.5, 0.6) is 0 Å². The van der Waals surface area contributed by atoms with E-state index < -0.39 is 41.2 Å². The van der Waals surface area contributed by atoms with Crippen molar-refractivity contribution in [2.45, 2.75) is 39.2 Å². The number of allylic oxidation sites excluding steroid dienone is 1. The fourth-order valence-corrected chi connectivity index (χ4v) is 4.18. The van der Waals surface area contributed by atoms with Crippen LogP contribution in [0.15, 0.2) is 34.0 Å². The quantitative estimate of drug-likeness (QED) is 0.661. The number of rotatable bonds is 4. The first kappa shape index (κ1) is 21.0. The Morgan fingerprint density at radius 1 is 1.38 bits per heavy atom. The number of anilines is 1. The van der Waals surface area contributed by atoms with E-state index in [1.807, 2.05) is 0 Å². The highest BCUT2D eigenvalue weighted by Crippen LogP contribution is 2.53. The van der Waals surface area contributed by atoms with Crippen LogP contribution in [0.4, 0.5) is 5.69 Å². The van der Waals surface area contributed by atoms with Gasteiger partial charge in [0.15, 0.2) is 5.92 Å². The number of nitrogens with one attached hydrogen (secondary N) is 2. The highest BCUT2D eigenvalue weighted by Gasteiger charge is 2.65. The molecule has 2 aliphatic heterocycles. The van der Waals surface area contributed by atoms with Crippen molar-refractivity contribution >= 4 is 45.4 Å². The van der Waals surface area contributed by atoms with Gasteiger partial charge < -0.3 is 19.5 Å². The Kier molecular flexibility index (Phi) is 5.53. The lowest BCUT2D eigenvalue weighted by molar-refractivity contribution is -0.155. The molecule has 154 valence electrons. The summed E-state index contributed by atoms with van der Waals surface area (Å²) >= 11 is 3.38. The second-order valence-corrected chi connectivity index (χ2v) is 7.90. The molecule has 1 spiro atoms. The maximum absolute atomic E-state index is 13.4. The summed E-state index contributed by atoms with van der Waals surface area (Å²) < 4.78 is 16.6. The SMILES string of the molecule is CCOC(=O)C1=C(C)OC(=N)C(C(=O)OC(C)C)C12C(=O)Nc1ccc(Br)cc12. The van der Waals surface area contributed by atoms with Crippen LogP contribution in [0.3, 0.4) is 0 Å². The smallest absolute Gasteiger partial charge is 0.338 e. The number of ether oxygens (including phenoxy) is 3. The van der Waals surface area contributed by atoms with Gasteiger partial charge in [0.2, 0.25) is 11.8 Å². The molecule has 8 nitrogen and oxygen atoms in total. The highest BCUT2D eigenvalue weighted by atomic mass is 79.9. The monoisotopic (exact) mass is 464 g/mol. The highest BCUT2D eigenvalue weighted by molar-refractivity contribution is 9.10. The van der Waals surface area contributed by atoms with Gasteiger partial charge in [0.25, 0.3) is 0 Å². The summed E-state index contributed by atoms with van der Waals surface area (Å²) in [7, 11) is 0. The molecular weight excluding hydrogens is 444 g/mol. The number of fused-ring (bicyclic) bond motifs is 2. The summed E-state index contributed by atoms with van der Waals surface area (Å²) in [6.45, 7) is 6.48. The molecule has 0 bridgehead atoms. The summed E-state index contributed by atoms with van der Waals surface area (Å²) in [5, 5.41) is 11.1. The summed E-state index contributed by atoms with van der Waals surface area (Å²) in [6, 6.07) is 5.03. The van der Waals surface area contributed by atoms with E-state index >= 15 is 0 Å². The van der Waals surface area contributed by atoms with Gasteiger partial charge in [0.05, 0.1) is 18.3 Å². The number of benzene rings is 1. The zero-order chi connectivity index (χ0) is 21.5. The van der Waals surface area contributed by atoms with E-state index in [9.17, 15) is 14.4 Å². The molecule has 0 saturated heterocycles. The molecule has 9 heteroatoms. The molecule has 2 unspecified atom stereocenters. The van der Waals surface area contributed by atoms with Crippen molar-refractivity contribution in [2.24, 2.45) is 5.92 Å². The third-order valence-corrected chi connectivity index (χ3v) is 5.28. The summed E-state index contributed by atoms with van der Waals surface area (Å²) in [4.78, 5) is 39.4. The van der Waals surface area contributed by atoms with Crippen LogP contribution in [0, 0.1) is 11.3 Å². The number of hydrogen-bond acceptors (Lipinski definition) is 7. The van der Waals surface area contributed by atoms with Gasteiger partial charge in [0.1, 0.15) is 11.2 Å². The van der Waals surface area contributed by atoms with Gasteiger partial charge in [-0.15, -0.1) is 0 Å². The summed E-state index contributed by atoms with van der Waals surface area (Å²) in [5.41, 5.74) is -1.14. The fourth-order valence-electron chi connectivity index (χ4n) is 3.82. The molecule has 2 atom stereocenters. The standard InChI is InChI=1S/C20H21BrN2O6/c1-5-27-17(24)14-10(4)29-16(22)15(18(25)28-9(2)3)20(14)12-8-11(21)6-7-13(12)23-19(20)26/h6-9,15,22H,5H2,1-4H3,(H,23,26). The molecule has 1 amide bonds. The maximum Gasteiger partial charge on any atom is 0.338 e. The lowest BCUT2D eigenvalue weighted by atomic mass is 9.64. The van der Waals surface area contributed by atoms with Crippen molar-refractivity contribution in [2.75, 3.05) is 11.9 Å². The molecule has 2 aliphatic rings. The molecule has 3 rings (SSSR count). The molecule has 0 aromatic heterocycles. The Morgan fingerprint density at radius 2 is 2.07 bits per heavy atom. The van der Waals surface area contributed by atoms with Gasteiger partial charge in [-0.1, -0.05) is 15.9 Å². The van der Waals surface area contributed by atoms with Crippen LogP contribution >= 0.6 is 15.9 Å². The Labute approximate surface area is 176 Å². The number of halogens is 1. The first-order valence-electron chi connectivity index (χ1n) is 9.11. The first-order chi connectivity index (χ1) is 13.6. The molecule has 0 saturated carbocycles. The van der Waals surface area contributed by atoms with Crippen molar-refractivity contribution in [3.05, 3.63) is 39.6 Å². The number of hydrogen-bond donors (Lipinski definition) is 2. The van der Waals surface area contributed by atoms with Gasteiger partial charge in [-0.05, 0) is 51.5 Å². The molecular formula is C20H21BrN2O6. The van der Waals surface area contributed by atoms with Crippen LogP contribution in [-0.2, 0) is 34.0 Å². The zero-order valence-corrected chi connectivity index (χ0v) is 18.0. The van der Waals surface area contributed by atoms with Gasteiger partial charge >= 0.3 is 11.9 Å². The van der Waals surface area contributed by atoms with E-state index in [4.69, 9.17) is 19.6 Å². The van der Waals surface area contributed by atoms with Crippen molar-refractivity contribution in [1.82, 2.24) is 0 Å².